The zero-order valence-corrected chi connectivity index (χ0v) is 13.5. The summed E-state index contributed by atoms with van der Waals surface area (Å²) < 4.78 is 6.59. The Kier molecular flexibility index (Phi) is 3.57. The van der Waals surface area contributed by atoms with Crippen molar-refractivity contribution in [3.8, 4) is 11.4 Å². The minimum Gasteiger partial charge on any atom is -0.342 e. The highest BCUT2D eigenvalue weighted by molar-refractivity contribution is 5.99. The summed E-state index contributed by atoms with van der Waals surface area (Å²) in [6.45, 7) is 2.69. The van der Waals surface area contributed by atoms with E-state index in [1.165, 1.54) is 5.56 Å². The molecule has 2 aromatic carbocycles. The minimum absolute atomic E-state index is 0.364. The van der Waals surface area contributed by atoms with Gasteiger partial charge in [-0.05, 0) is 18.6 Å². The first-order valence-corrected chi connectivity index (χ1v) is 7.84. The van der Waals surface area contributed by atoms with Gasteiger partial charge in [0.2, 0.25) is 0 Å². The number of hydrogen-bond acceptors (Lipinski definition) is 4. The Labute approximate surface area is 142 Å². The standard InChI is InChI=1S/C19H15N3O3/c1-12-2-4-13(5-3-12)9-22-10-15(11-23)16-7-6-14(8-17(16)22)18-20-19(24)25-21-18/h2-8,10-11H,9H2,1H3,(H,20,21,24). The van der Waals surface area contributed by atoms with Gasteiger partial charge in [-0.3, -0.25) is 14.3 Å². The maximum Gasteiger partial charge on any atom is 0.439 e. The van der Waals surface area contributed by atoms with E-state index in [-0.39, 0.29) is 0 Å². The van der Waals surface area contributed by atoms with E-state index in [2.05, 4.69) is 38.9 Å². The van der Waals surface area contributed by atoms with Gasteiger partial charge in [0.05, 0.1) is 0 Å². The molecule has 4 aromatic rings. The largest absolute Gasteiger partial charge is 0.439 e. The van der Waals surface area contributed by atoms with E-state index >= 15 is 0 Å². The number of carbonyl (C=O) groups excluding carboxylic acids is 1. The quantitative estimate of drug-likeness (QED) is 0.582. The number of aromatic amines is 1. The fraction of sp³-hybridized carbons (Fsp3) is 0.105. The van der Waals surface area contributed by atoms with Crippen LogP contribution in [0.4, 0.5) is 0 Å². The van der Waals surface area contributed by atoms with Gasteiger partial charge in [-0.2, -0.15) is 0 Å². The van der Waals surface area contributed by atoms with E-state index in [9.17, 15) is 9.59 Å². The number of nitrogens with one attached hydrogen (secondary N) is 1. The van der Waals surface area contributed by atoms with Crippen molar-refractivity contribution in [2.45, 2.75) is 13.5 Å². The van der Waals surface area contributed by atoms with Crippen molar-refractivity contribution in [2.75, 3.05) is 0 Å². The number of aromatic nitrogens is 3. The molecule has 0 atom stereocenters. The predicted octanol–water partition coefficient (Wildman–Crippen LogP) is 3.15. The normalized spacial score (nSPS) is 11.1. The highest BCUT2D eigenvalue weighted by Crippen LogP contribution is 2.26. The van der Waals surface area contributed by atoms with E-state index in [4.69, 9.17) is 0 Å². The van der Waals surface area contributed by atoms with Crippen LogP contribution in [-0.2, 0) is 6.54 Å². The molecule has 6 heteroatoms. The van der Waals surface area contributed by atoms with Crippen LogP contribution in [0.2, 0.25) is 0 Å². The van der Waals surface area contributed by atoms with Gasteiger partial charge in [-0.25, -0.2) is 4.79 Å². The summed E-state index contributed by atoms with van der Waals surface area (Å²) in [5.41, 5.74) is 4.58. The highest BCUT2D eigenvalue weighted by atomic mass is 16.5. The summed E-state index contributed by atoms with van der Waals surface area (Å²) >= 11 is 0. The first kappa shape index (κ1) is 15.1. The van der Waals surface area contributed by atoms with Crippen LogP contribution < -0.4 is 5.76 Å². The number of aldehydes is 1. The van der Waals surface area contributed by atoms with Crippen LogP contribution in [0, 0.1) is 6.92 Å². The smallest absolute Gasteiger partial charge is 0.342 e. The number of benzene rings is 2. The van der Waals surface area contributed by atoms with E-state index in [0.717, 1.165) is 28.3 Å². The molecule has 0 spiro atoms. The third-order valence-electron chi connectivity index (χ3n) is 4.23. The number of carbonyl (C=O) groups is 1. The number of H-pyrrole nitrogens is 1. The van der Waals surface area contributed by atoms with E-state index in [1.807, 2.05) is 29.8 Å². The fourth-order valence-corrected chi connectivity index (χ4v) is 2.94. The highest BCUT2D eigenvalue weighted by Gasteiger charge is 2.12. The molecule has 124 valence electrons. The number of hydrogen-bond donors (Lipinski definition) is 1. The molecule has 0 amide bonds. The van der Waals surface area contributed by atoms with Crippen LogP contribution in [0.25, 0.3) is 22.3 Å². The van der Waals surface area contributed by atoms with E-state index in [0.29, 0.717) is 17.9 Å². The lowest BCUT2D eigenvalue weighted by Gasteiger charge is -2.07. The van der Waals surface area contributed by atoms with Gasteiger partial charge in [0, 0.05) is 34.8 Å². The second kappa shape index (κ2) is 5.90. The van der Waals surface area contributed by atoms with Gasteiger partial charge in [-0.15, -0.1) is 0 Å². The number of nitrogens with zero attached hydrogens (tertiary/aromatic N) is 2. The molecule has 0 aliphatic heterocycles. The Balaban J connectivity index is 1.83. The molecule has 0 unspecified atom stereocenters. The molecule has 2 heterocycles. The molecule has 6 nitrogen and oxygen atoms in total. The van der Waals surface area contributed by atoms with Gasteiger partial charge in [0.25, 0.3) is 0 Å². The second-order valence-corrected chi connectivity index (χ2v) is 5.99. The average Bonchev–Trinajstić information content (AvgIpc) is 3.20. The fourth-order valence-electron chi connectivity index (χ4n) is 2.94. The van der Waals surface area contributed by atoms with Gasteiger partial charge >= 0.3 is 5.76 Å². The minimum atomic E-state index is -0.598. The molecule has 4 rings (SSSR count). The zero-order chi connectivity index (χ0) is 17.4. The predicted molar refractivity (Wildman–Crippen MR) is 93.7 cm³/mol. The van der Waals surface area contributed by atoms with Crippen LogP contribution in [0.15, 0.2) is 58.0 Å². The van der Waals surface area contributed by atoms with Gasteiger partial charge in [0.1, 0.15) is 0 Å². The summed E-state index contributed by atoms with van der Waals surface area (Å²) in [5.74, 6) is -0.235. The first-order chi connectivity index (χ1) is 12.1. The first-order valence-electron chi connectivity index (χ1n) is 7.84. The molecular formula is C19H15N3O3. The van der Waals surface area contributed by atoms with Crippen LogP contribution in [0.1, 0.15) is 21.5 Å². The van der Waals surface area contributed by atoms with Crippen molar-refractivity contribution in [3.63, 3.8) is 0 Å². The molecule has 0 fully saturated rings. The van der Waals surface area contributed by atoms with Crippen molar-refractivity contribution in [2.24, 2.45) is 0 Å². The molecule has 0 aliphatic rings. The lowest BCUT2D eigenvalue weighted by molar-refractivity contribution is 0.112. The molecule has 0 saturated carbocycles. The lowest BCUT2D eigenvalue weighted by Crippen LogP contribution is -1.98. The number of fused-ring (bicyclic) bond motifs is 1. The molecule has 0 bridgehead atoms. The molecular weight excluding hydrogens is 318 g/mol. The van der Waals surface area contributed by atoms with Crippen molar-refractivity contribution < 1.29 is 9.32 Å². The van der Waals surface area contributed by atoms with Crippen LogP contribution in [-0.4, -0.2) is 21.0 Å². The Morgan fingerprint density at radius 1 is 1.20 bits per heavy atom. The number of rotatable bonds is 4. The molecule has 0 radical (unpaired) electrons. The van der Waals surface area contributed by atoms with Crippen LogP contribution in [0.3, 0.4) is 0 Å². The summed E-state index contributed by atoms with van der Waals surface area (Å²) in [4.78, 5) is 25.1. The average molecular weight is 333 g/mol. The summed E-state index contributed by atoms with van der Waals surface area (Å²) in [6, 6.07) is 13.8. The Morgan fingerprint density at radius 2 is 2.00 bits per heavy atom. The molecule has 25 heavy (non-hydrogen) atoms. The monoisotopic (exact) mass is 333 g/mol. The summed E-state index contributed by atoms with van der Waals surface area (Å²) in [6.07, 6.45) is 2.69. The summed E-state index contributed by atoms with van der Waals surface area (Å²) in [7, 11) is 0. The Morgan fingerprint density at radius 3 is 2.68 bits per heavy atom. The molecule has 2 aromatic heterocycles. The van der Waals surface area contributed by atoms with Gasteiger partial charge < -0.3 is 4.57 Å². The van der Waals surface area contributed by atoms with E-state index < -0.39 is 5.76 Å². The second-order valence-electron chi connectivity index (χ2n) is 5.99. The van der Waals surface area contributed by atoms with E-state index in [1.54, 1.807) is 6.07 Å². The lowest BCUT2D eigenvalue weighted by atomic mass is 10.1. The molecule has 1 N–H and O–H groups in total. The molecule has 0 aliphatic carbocycles. The third kappa shape index (κ3) is 2.78. The SMILES string of the molecule is Cc1ccc(Cn2cc(C=O)c3ccc(-c4noc(=O)[nH]4)cc32)cc1. The topological polar surface area (TPSA) is 80.9 Å². The van der Waals surface area contributed by atoms with Crippen LogP contribution in [0.5, 0.6) is 0 Å². The summed E-state index contributed by atoms with van der Waals surface area (Å²) in [5, 5.41) is 4.58. The van der Waals surface area contributed by atoms with Crippen molar-refractivity contribution in [1.82, 2.24) is 14.7 Å². The van der Waals surface area contributed by atoms with Gasteiger partial charge in [-0.1, -0.05) is 47.1 Å². The van der Waals surface area contributed by atoms with Crippen molar-refractivity contribution >= 4 is 17.2 Å². The van der Waals surface area contributed by atoms with Crippen LogP contribution >= 0.6 is 0 Å². The Bertz CT molecular complexity index is 1120. The third-order valence-corrected chi connectivity index (χ3v) is 4.23. The molecule has 0 saturated heterocycles. The van der Waals surface area contributed by atoms with Crippen molar-refractivity contribution in [3.05, 3.63) is 75.9 Å². The zero-order valence-electron chi connectivity index (χ0n) is 13.5. The Hall–Kier alpha value is -3.41. The maximum absolute atomic E-state index is 11.4. The van der Waals surface area contributed by atoms with Gasteiger partial charge in [0.15, 0.2) is 12.1 Å². The maximum atomic E-state index is 11.4. The number of aryl methyl sites for hydroxylation is 1. The van der Waals surface area contributed by atoms with Crippen molar-refractivity contribution in [1.29, 1.82) is 0 Å².